The van der Waals surface area contributed by atoms with Gasteiger partial charge in [0.1, 0.15) is 60.3 Å². The Kier molecular flexibility index (Phi) is 16.3. The number of hydrogen-bond acceptors (Lipinski definition) is 20. The molecule has 2 aromatic rings. The fourth-order valence-electron chi connectivity index (χ4n) is 5.23. The van der Waals surface area contributed by atoms with E-state index < -0.39 is 162 Å². The standard InChI is InChI=1S/2C13H19N4O12P/c2*14-10-7(11(22)16-4(13(23)24)1-6(18)19)15-3-17(10)12-9(21)8(20)5(29-12)2-28-30(25,26)27/h2*3-5,8-9,12,20-21H,1-2,14H2,(H,16,22)(H,18,19)(H,23,24)(H2,25,26,27)/t2*4-,5+,8+,9+,12+/m00/s1. The number of anilines is 2. The average molecular weight is 909 g/mol. The topological polar surface area (TPSA) is 528 Å². The Hall–Kier alpha value is -5.18. The zero-order chi connectivity index (χ0) is 45.6. The number of nitrogens with two attached hydrogens (primary N) is 2. The molecule has 32 nitrogen and oxygen atoms in total. The van der Waals surface area contributed by atoms with E-state index in [1.54, 1.807) is 0 Å². The van der Waals surface area contributed by atoms with Crippen LogP contribution in [0, 0.1) is 0 Å². The van der Waals surface area contributed by atoms with Crippen LogP contribution in [0.15, 0.2) is 12.7 Å². The summed E-state index contributed by atoms with van der Waals surface area (Å²) in [6.07, 6.45) is -12.1. The van der Waals surface area contributed by atoms with Crippen LogP contribution in [0.3, 0.4) is 0 Å². The molecule has 0 bridgehead atoms. The van der Waals surface area contributed by atoms with E-state index in [1.165, 1.54) is 0 Å². The summed E-state index contributed by atoms with van der Waals surface area (Å²) in [5.41, 5.74) is 10.5. The van der Waals surface area contributed by atoms with Crippen LogP contribution in [0.25, 0.3) is 0 Å². The number of rotatable bonds is 18. The molecule has 2 aliphatic heterocycles. The zero-order valence-corrected chi connectivity index (χ0v) is 31.6. The lowest BCUT2D eigenvalue weighted by molar-refractivity contribution is -0.145. The molecule has 4 heterocycles. The molecule has 4 rings (SSSR count). The van der Waals surface area contributed by atoms with Crippen LogP contribution in [-0.2, 0) is 46.8 Å². The van der Waals surface area contributed by atoms with E-state index in [0.29, 0.717) is 0 Å². The third-order valence-corrected chi connectivity index (χ3v) is 9.07. The van der Waals surface area contributed by atoms with E-state index in [4.69, 9.17) is 60.9 Å². The van der Waals surface area contributed by atoms with Crippen LogP contribution >= 0.6 is 15.6 Å². The number of hydrogen-bond donors (Lipinski definition) is 16. The van der Waals surface area contributed by atoms with E-state index in [9.17, 15) is 58.3 Å². The van der Waals surface area contributed by atoms with E-state index >= 15 is 0 Å². The molecule has 336 valence electrons. The Morgan fingerprint density at radius 1 is 0.650 bits per heavy atom. The van der Waals surface area contributed by atoms with Crippen molar-refractivity contribution in [3.8, 4) is 0 Å². The van der Waals surface area contributed by atoms with Crippen molar-refractivity contribution in [2.45, 2.75) is 74.0 Å². The van der Waals surface area contributed by atoms with Crippen LogP contribution in [0.2, 0.25) is 0 Å². The first-order chi connectivity index (χ1) is 27.6. The molecule has 0 saturated carbocycles. The van der Waals surface area contributed by atoms with Gasteiger partial charge < -0.3 is 92.0 Å². The molecular weight excluding hydrogens is 870 g/mol. The van der Waals surface area contributed by atoms with Gasteiger partial charge in [-0.2, -0.15) is 0 Å². The van der Waals surface area contributed by atoms with Gasteiger partial charge in [0, 0.05) is 0 Å². The maximum Gasteiger partial charge on any atom is 0.469 e. The second-order valence-electron chi connectivity index (χ2n) is 12.4. The van der Waals surface area contributed by atoms with Crippen molar-refractivity contribution in [3.63, 3.8) is 0 Å². The van der Waals surface area contributed by atoms with Gasteiger partial charge in [-0.3, -0.25) is 37.4 Å². The predicted octanol–water partition coefficient (Wildman–Crippen LogP) is -6.30. The van der Waals surface area contributed by atoms with Gasteiger partial charge in [0.05, 0.1) is 38.7 Å². The van der Waals surface area contributed by atoms with Gasteiger partial charge in [0.25, 0.3) is 11.8 Å². The molecule has 0 unspecified atom stereocenters. The molecule has 2 aliphatic rings. The second-order valence-corrected chi connectivity index (χ2v) is 14.8. The summed E-state index contributed by atoms with van der Waals surface area (Å²) in [6, 6.07) is -3.52. The quantitative estimate of drug-likeness (QED) is 0.0619. The van der Waals surface area contributed by atoms with E-state index in [1.807, 2.05) is 10.6 Å². The summed E-state index contributed by atoms with van der Waals surface area (Å²) >= 11 is 0. The third kappa shape index (κ3) is 12.9. The third-order valence-electron chi connectivity index (χ3n) is 8.10. The van der Waals surface area contributed by atoms with Gasteiger partial charge in [-0.05, 0) is 0 Å². The Bertz CT molecular complexity index is 1880. The number of carbonyl (C=O) groups excluding carboxylic acids is 2. The Morgan fingerprint density at radius 2 is 0.967 bits per heavy atom. The second kappa shape index (κ2) is 19.9. The van der Waals surface area contributed by atoms with E-state index in [2.05, 4.69) is 19.0 Å². The van der Waals surface area contributed by atoms with Crippen molar-refractivity contribution < 1.29 is 117 Å². The number of nitrogens with zero attached hydrogens (tertiary/aromatic N) is 4. The van der Waals surface area contributed by atoms with Crippen LogP contribution in [-0.4, -0.2) is 177 Å². The molecule has 10 atom stereocenters. The highest BCUT2D eigenvalue weighted by molar-refractivity contribution is 7.46. The summed E-state index contributed by atoms with van der Waals surface area (Å²) in [5, 5.41) is 79.5. The number of carboxylic acids is 4. The van der Waals surface area contributed by atoms with Crippen LogP contribution in [0.4, 0.5) is 11.6 Å². The number of nitrogen functional groups attached to an aromatic ring is 2. The Morgan fingerprint density at radius 3 is 1.23 bits per heavy atom. The Balaban J connectivity index is 0.000000320. The van der Waals surface area contributed by atoms with Crippen molar-refractivity contribution in [2.75, 3.05) is 24.7 Å². The number of phosphoric ester groups is 2. The number of phosphoric acid groups is 2. The number of imidazole rings is 2. The predicted molar refractivity (Wildman–Crippen MR) is 183 cm³/mol. The van der Waals surface area contributed by atoms with Crippen LogP contribution < -0.4 is 22.1 Å². The molecule has 18 N–H and O–H groups in total. The molecular formula is C26H38N8O24P2. The summed E-state index contributed by atoms with van der Waals surface area (Å²) in [4.78, 5) is 110. The molecule has 2 fully saturated rings. The minimum absolute atomic E-state index is 0.417. The fraction of sp³-hybridized carbons (Fsp3) is 0.538. The van der Waals surface area contributed by atoms with Crippen LogP contribution in [0.5, 0.6) is 0 Å². The minimum atomic E-state index is -4.87. The van der Waals surface area contributed by atoms with Gasteiger partial charge >= 0.3 is 39.5 Å². The molecule has 2 saturated heterocycles. The highest BCUT2D eigenvalue weighted by Gasteiger charge is 2.47. The number of amides is 2. The SMILES string of the molecule is Nc1c(C(=O)N[C@@H](CC(=O)O)C(=O)O)ncn1[C@@H]1O[C@H](COP(=O)(O)O)[C@@H](O)[C@H]1O.Nc1c(C(=O)N[C@@H](CC(=O)O)C(=O)O)ncn1[C@@H]1O[C@H](COP(=O)(O)O)[C@@H](O)[C@H]1O. The van der Waals surface area contributed by atoms with E-state index in [0.717, 1.165) is 21.8 Å². The summed E-state index contributed by atoms with van der Waals surface area (Å²) in [6.45, 7) is -1.53. The number of ether oxygens (including phenoxy) is 2. The normalized spacial score (nSPS) is 25.1. The lowest BCUT2D eigenvalue weighted by atomic mass is 10.1. The first kappa shape index (κ1) is 49.2. The van der Waals surface area contributed by atoms with Crippen molar-refractivity contribution in [2.24, 2.45) is 0 Å². The molecule has 2 amide bonds. The van der Waals surface area contributed by atoms with Gasteiger partial charge in [-0.15, -0.1) is 0 Å². The number of aromatic nitrogens is 4. The molecule has 0 aliphatic carbocycles. The highest BCUT2D eigenvalue weighted by atomic mass is 31.2. The van der Waals surface area contributed by atoms with Crippen molar-refractivity contribution in [1.29, 1.82) is 0 Å². The van der Waals surface area contributed by atoms with Gasteiger partial charge in [-0.1, -0.05) is 0 Å². The number of aliphatic hydroxyl groups excluding tert-OH is 4. The van der Waals surface area contributed by atoms with Gasteiger partial charge in [-0.25, -0.2) is 28.7 Å². The molecule has 0 spiro atoms. The molecule has 2 aromatic heterocycles. The number of aliphatic carboxylic acids is 4. The van der Waals surface area contributed by atoms with Gasteiger partial charge in [0.2, 0.25) is 0 Å². The van der Waals surface area contributed by atoms with Crippen LogP contribution in [0.1, 0.15) is 46.3 Å². The number of carbonyl (C=O) groups is 6. The largest absolute Gasteiger partial charge is 0.481 e. The lowest BCUT2D eigenvalue weighted by Gasteiger charge is -2.18. The van der Waals surface area contributed by atoms with E-state index in [-0.39, 0.29) is 0 Å². The van der Waals surface area contributed by atoms with Gasteiger partial charge in [0.15, 0.2) is 23.8 Å². The lowest BCUT2D eigenvalue weighted by Crippen LogP contribution is -2.42. The summed E-state index contributed by atoms with van der Waals surface area (Å²) in [7, 11) is -9.73. The highest BCUT2D eigenvalue weighted by Crippen LogP contribution is 2.40. The Labute approximate surface area is 332 Å². The molecule has 34 heteroatoms. The number of aliphatic hydroxyl groups is 4. The smallest absolute Gasteiger partial charge is 0.469 e. The number of carboxylic acid groups (broad SMARTS) is 4. The molecule has 0 aromatic carbocycles. The summed E-state index contributed by atoms with van der Waals surface area (Å²) in [5.74, 6) is -9.21. The van der Waals surface area contributed by atoms with Crippen molar-refractivity contribution in [1.82, 2.24) is 29.7 Å². The number of nitrogens with one attached hydrogen (secondary N) is 2. The molecule has 60 heavy (non-hydrogen) atoms. The first-order valence-corrected chi connectivity index (χ1v) is 19.3. The fourth-order valence-corrected chi connectivity index (χ4v) is 5.92. The average Bonchev–Trinajstić information content (AvgIpc) is 3.85. The maximum atomic E-state index is 12.2. The van der Waals surface area contributed by atoms with Crippen molar-refractivity contribution >= 4 is 63.0 Å². The molecule has 0 radical (unpaired) electrons. The first-order valence-electron chi connectivity index (χ1n) is 16.2. The zero-order valence-electron chi connectivity index (χ0n) is 29.9. The summed E-state index contributed by atoms with van der Waals surface area (Å²) < 4.78 is 42.4. The van der Waals surface area contributed by atoms with Crippen molar-refractivity contribution in [3.05, 3.63) is 24.0 Å². The maximum absolute atomic E-state index is 12.2. The monoisotopic (exact) mass is 908 g/mol. The minimum Gasteiger partial charge on any atom is -0.481 e.